The molecule has 3 aromatic rings. The lowest BCUT2D eigenvalue weighted by Crippen LogP contribution is -2.45. The van der Waals surface area contributed by atoms with Crippen molar-refractivity contribution in [3.63, 3.8) is 0 Å². The molecule has 1 aliphatic heterocycles. The molecule has 2 N–H and O–H groups in total. The van der Waals surface area contributed by atoms with E-state index in [1.54, 1.807) is 42.5 Å². The Kier molecular flexibility index (Phi) is 5.14. The third kappa shape index (κ3) is 3.90. The first-order valence-corrected chi connectivity index (χ1v) is 9.41. The summed E-state index contributed by atoms with van der Waals surface area (Å²) >= 11 is 6.15. The van der Waals surface area contributed by atoms with Crippen LogP contribution in [0.3, 0.4) is 0 Å². The molecule has 1 aliphatic rings. The van der Waals surface area contributed by atoms with Crippen molar-refractivity contribution in [1.82, 2.24) is 15.8 Å². The van der Waals surface area contributed by atoms with Gasteiger partial charge in [-0.25, -0.2) is 4.98 Å². The smallest absolute Gasteiger partial charge is 0.288 e. The second-order valence-corrected chi connectivity index (χ2v) is 7.10. The van der Waals surface area contributed by atoms with Gasteiger partial charge < -0.3 is 4.90 Å². The number of rotatable bonds is 3. The van der Waals surface area contributed by atoms with E-state index in [1.807, 2.05) is 18.2 Å². The number of carbonyl (C=O) groups excluding carboxylic acids is 3. The van der Waals surface area contributed by atoms with Crippen LogP contribution in [0.2, 0.25) is 5.02 Å². The summed E-state index contributed by atoms with van der Waals surface area (Å²) < 4.78 is 0. The molecule has 0 spiro atoms. The summed E-state index contributed by atoms with van der Waals surface area (Å²) in [7, 11) is 0. The highest BCUT2D eigenvalue weighted by Gasteiger charge is 2.36. The fourth-order valence-corrected chi connectivity index (χ4v) is 3.50. The minimum Gasteiger partial charge on any atom is -0.310 e. The standard InChI is InChI=1S/C21H17ClN4O3/c22-15-6-2-4-8-18(15)26-12-14(11-19(26)27)20(28)24-25-21(29)17-10-9-13-5-1-3-7-16(13)23-17/h1-10,14H,11-12H2,(H,24,28)(H,25,29). The zero-order valence-electron chi connectivity index (χ0n) is 15.3. The number of hydrazine groups is 1. The lowest BCUT2D eigenvalue weighted by Gasteiger charge is -2.18. The van der Waals surface area contributed by atoms with E-state index in [0.29, 0.717) is 16.2 Å². The Hall–Kier alpha value is -3.45. The summed E-state index contributed by atoms with van der Waals surface area (Å²) in [4.78, 5) is 42.8. The van der Waals surface area contributed by atoms with Gasteiger partial charge in [-0.05, 0) is 24.3 Å². The monoisotopic (exact) mass is 408 g/mol. The predicted molar refractivity (Wildman–Crippen MR) is 109 cm³/mol. The number of nitrogens with one attached hydrogen (secondary N) is 2. The van der Waals surface area contributed by atoms with Crippen LogP contribution in [0, 0.1) is 5.92 Å². The van der Waals surface area contributed by atoms with E-state index in [2.05, 4.69) is 15.8 Å². The fourth-order valence-electron chi connectivity index (χ4n) is 3.26. The molecule has 0 aliphatic carbocycles. The number of amides is 3. The van der Waals surface area contributed by atoms with E-state index in [0.717, 1.165) is 5.39 Å². The maximum atomic E-state index is 12.4. The predicted octanol–water partition coefficient (Wildman–Crippen LogP) is 2.70. The molecule has 0 radical (unpaired) electrons. The second-order valence-electron chi connectivity index (χ2n) is 6.69. The lowest BCUT2D eigenvalue weighted by atomic mass is 10.1. The molecule has 1 atom stereocenters. The van der Waals surface area contributed by atoms with Crippen LogP contribution in [0.15, 0.2) is 60.7 Å². The van der Waals surface area contributed by atoms with Crippen molar-refractivity contribution in [3.8, 4) is 0 Å². The van der Waals surface area contributed by atoms with Gasteiger partial charge in [0.05, 0.1) is 22.1 Å². The summed E-state index contributed by atoms with van der Waals surface area (Å²) in [5, 5.41) is 1.36. The Morgan fingerprint density at radius 3 is 2.59 bits per heavy atom. The van der Waals surface area contributed by atoms with Gasteiger partial charge >= 0.3 is 0 Å². The topological polar surface area (TPSA) is 91.4 Å². The van der Waals surface area contributed by atoms with E-state index in [4.69, 9.17) is 11.6 Å². The largest absolute Gasteiger partial charge is 0.310 e. The average molecular weight is 409 g/mol. The van der Waals surface area contributed by atoms with Crippen LogP contribution in [0.1, 0.15) is 16.9 Å². The van der Waals surface area contributed by atoms with Crippen molar-refractivity contribution in [3.05, 3.63) is 71.4 Å². The minimum absolute atomic E-state index is 0.0428. The first-order valence-electron chi connectivity index (χ1n) is 9.04. The van der Waals surface area contributed by atoms with E-state index in [9.17, 15) is 14.4 Å². The molecule has 0 saturated carbocycles. The van der Waals surface area contributed by atoms with Gasteiger partial charge in [0.25, 0.3) is 5.91 Å². The number of pyridine rings is 1. The lowest BCUT2D eigenvalue weighted by molar-refractivity contribution is -0.126. The molecule has 1 unspecified atom stereocenters. The maximum Gasteiger partial charge on any atom is 0.288 e. The molecule has 2 aromatic carbocycles. The molecule has 2 heterocycles. The number of nitrogens with zero attached hydrogens (tertiary/aromatic N) is 2. The molecule has 7 nitrogen and oxygen atoms in total. The van der Waals surface area contributed by atoms with Crippen LogP contribution in [-0.4, -0.2) is 29.3 Å². The molecular formula is C21H17ClN4O3. The number of benzene rings is 2. The van der Waals surface area contributed by atoms with Crippen LogP contribution >= 0.6 is 11.6 Å². The Bertz CT molecular complexity index is 1120. The Balaban J connectivity index is 1.38. The molecule has 1 fully saturated rings. The number of hydrogen-bond donors (Lipinski definition) is 2. The van der Waals surface area contributed by atoms with Gasteiger partial charge in [0.15, 0.2) is 0 Å². The van der Waals surface area contributed by atoms with Crippen LogP contribution in [-0.2, 0) is 9.59 Å². The molecule has 8 heteroatoms. The summed E-state index contributed by atoms with van der Waals surface area (Å²) in [5.41, 5.74) is 6.19. The van der Waals surface area contributed by atoms with Crippen molar-refractivity contribution >= 4 is 45.9 Å². The second kappa shape index (κ2) is 7.89. The number of carbonyl (C=O) groups is 3. The van der Waals surface area contributed by atoms with Gasteiger partial charge in [-0.15, -0.1) is 0 Å². The van der Waals surface area contributed by atoms with E-state index in [-0.39, 0.29) is 24.6 Å². The number of aromatic nitrogens is 1. The third-order valence-corrected chi connectivity index (χ3v) is 5.09. The van der Waals surface area contributed by atoms with Gasteiger partial charge in [-0.1, -0.05) is 48.0 Å². The number of hydrogen-bond acceptors (Lipinski definition) is 4. The highest BCUT2D eigenvalue weighted by atomic mass is 35.5. The summed E-state index contributed by atoms with van der Waals surface area (Å²) in [6.45, 7) is 0.193. The van der Waals surface area contributed by atoms with Gasteiger partial charge in [-0.2, -0.15) is 0 Å². The van der Waals surface area contributed by atoms with Crippen LogP contribution < -0.4 is 15.8 Å². The molecule has 0 bridgehead atoms. The molecule has 1 saturated heterocycles. The molecule has 29 heavy (non-hydrogen) atoms. The summed E-state index contributed by atoms with van der Waals surface area (Å²) in [5.74, 6) is -1.76. The number of para-hydroxylation sites is 2. The van der Waals surface area contributed by atoms with Gasteiger partial charge in [0, 0.05) is 18.4 Å². The molecular weight excluding hydrogens is 392 g/mol. The third-order valence-electron chi connectivity index (χ3n) is 4.77. The Morgan fingerprint density at radius 1 is 1.00 bits per heavy atom. The van der Waals surface area contributed by atoms with Crippen molar-refractivity contribution in [2.75, 3.05) is 11.4 Å². The summed E-state index contributed by atoms with van der Waals surface area (Å²) in [6.07, 6.45) is 0.0428. The van der Waals surface area contributed by atoms with Gasteiger partial charge in [0.2, 0.25) is 11.8 Å². The van der Waals surface area contributed by atoms with Gasteiger partial charge in [-0.3, -0.25) is 25.2 Å². The van der Waals surface area contributed by atoms with E-state index in [1.165, 1.54) is 4.90 Å². The highest BCUT2D eigenvalue weighted by molar-refractivity contribution is 6.33. The number of fused-ring (bicyclic) bond motifs is 1. The zero-order valence-corrected chi connectivity index (χ0v) is 16.0. The summed E-state index contributed by atoms with van der Waals surface area (Å²) in [6, 6.07) is 17.8. The Labute approximate surface area is 171 Å². The van der Waals surface area contributed by atoms with Crippen LogP contribution in [0.5, 0.6) is 0 Å². The molecule has 3 amide bonds. The number of halogens is 1. The van der Waals surface area contributed by atoms with Crippen molar-refractivity contribution in [2.45, 2.75) is 6.42 Å². The Morgan fingerprint density at radius 2 is 1.76 bits per heavy atom. The van der Waals surface area contributed by atoms with Crippen molar-refractivity contribution < 1.29 is 14.4 Å². The van der Waals surface area contributed by atoms with E-state index < -0.39 is 17.7 Å². The maximum absolute atomic E-state index is 12.4. The molecule has 1 aromatic heterocycles. The normalized spacial score (nSPS) is 16.1. The van der Waals surface area contributed by atoms with Gasteiger partial charge in [0.1, 0.15) is 5.69 Å². The molecule has 4 rings (SSSR count). The zero-order chi connectivity index (χ0) is 20.4. The first-order chi connectivity index (χ1) is 14.0. The fraction of sp³-hybridized carbons (Fsp3) is 0.143. The molecule has 146 valence electrons. The van der Waals surface area contributed by atoms with Crippen molar-refractivity contribution in [1.29, 1.82) is 0 Å². The first kappa shape index (κ1) is 18.9. The SMILES string of the molecule is O=C(NNC(=O)C1CC(=O)N(c2ccccc2Cl)C1)c1ccc2ccccc2n1. The van der Waals surface area contributed by atoms with Crippen LogP contribution in [0.4, 0.5) is 5.69 Å². The quantitative estimate of drug-likeness (QED) is 0.652. The van der Waals surface area contributed by atoms with E-state index >= 15 is 0 Å². The average Bonchev–Trinajstić information content (AvgIpc) is 3.13. The minimum atomic E-state index is -0.594. The van der Waals surface area contributed by atoms with Crippen LogP contribution in [0.25, 0.3) is 10.9 Å². The van der Waals surface area contributed by atoms with Crippen molar-refractivity contribution in [2.24, 2.45) is 5.92 Å². The highest BCUT2D eigenvalue weighted by Crippen LogP contribution is 2.30. The number of anilines is 1.